The fourth-order valence-electron chi connectivity index (χ4n) is 1.89. The summed E-state index contributed by atoms with van der Waals surface area (Å²) in [5, 5.41) is 5.36. The second-order valence-corrected chi connectivity index (χ2v) is 4.49. The number of ether oxygens (including phenoxy) is 1. The molecule has 2 rings (SSSR count). The molecular weight excluding hydrogens is 268 g/mol. The lowest BCUT2D eigenvalue weighted by Gasteiger charge is -2.11. The minimum Gasteiger partial charge on any atom is -0.465 e. The van der Waals surface area contributed by atoms with Gasteiger partial charge in [-0.2, -0.15) is 0 Å². The van der Waals surface area contributed by atoms with E-state index in [0.717, 1.165) is 5.56 Å². The summed E-state index contributed by atoms with van der Waals surface area (Å²) in [5.41, 5.74) is 2.43. The number of carbonyl (C=O) groups excluding carboxylic acids is 2. The summed E-state index contributed by atoms with van der Waals surface area (Å²) >= 11 is 0. The molecule has 21 heavy (non-hydrogen) atoms. The maximum atomic E-state index is 12.0. The van der Waals surface area contributed by atoms with Crippen LogP contribution in [0.4, 0.5) is 16.2 Å². The lowest BCUT2D eigenvalue weighted by Crippen LogP contribution is -2.21. The second-order valence-electron chi connectivity index (χ2n) is 4.49. The van der Waals surface area contributed by atoms with E-state index in [2.05, 4.69) is 15.4 Å². The lowest BCUT2D eigenvalue weighted by molar-refractivity contribution is 0.0602. The van der Waals surface area contributed by atoms with E-state index in [9.17, 15) is 9.59 Å². The largest absolute Gasteiger partial charge is 0.465 e. The fourth-order valence-corrected chi connectivity index (χ4v) is 1.89. The van der Waals surface area contributed by atoms with E-state index in [-0.39, 0.29) is 0 Å². The smallest absolute Gasteiger partial charge is 0.339 e. The minimum atomic E-state index is -0.499. The maximum absolute atomic E-state index is 12.0. The second kappa shape index (κ2) is 6.56. The van der Waals surface area contributed by atoms with E-state index in [1.807, 2.05) is 25.1 Å². The van der Waals surface area contributed by atoms with Crippen molar-refractivity contribution in [3.63, 3.8) is 0 Å². The van der Waals surface area contributed by atoms with Crippen molar-refractivity contribution in [2.75, 3.05) is 17.7 Å². The van der Waals surface area contributed by atoms with Crippen LogP contribution in [0.15, 0.2) is 48.5 Å². The van der Waals surface area contributed by atoms with Gasteiger partial charge in [0.25, 0.3) is 0 Å². The zero-order valence-electron chi connectivity index (χ0n) is 11.8. The van der Waals surface area contributed by atoms with Crippen LogP contribution in [0.5, 0.6) is 0 Å². The van der Waals surface area contributed by atoms with Gasteiger partial charge in [-0.3, -0.25) is 0 Å². The molecule has 2 aromatic rings. The van der Waals surface area contributed by atoms with Crippen molar-refractivity contribution in [2.45, 2.75) is 6.92 Å². The molecule has 0 fully saturated rings. The third-order valence-corrected chi connectivity index (χ3v) is 2.86. The van der Waals surface area contributed by atoms with Gasteiger partial charge >= 0.3 is 12.0 Å². The highest BCUT2D eigenvalue weighted by Gasteiger charge is 2.13. The zero-order valence-corrected chi connectivity index (χ0v) is 11.8. The number of aryl methyl sites for hydroxylation is 1. The molecule has 5 nitrogen and oxygen atoms in total. The highest BCUT2D eigenvalue weighted by molar-refractivity contribution is 6.05. The number of para-hydroxylation sites is 1. The molecule has 0 aromatic heterocycles. The van der Waals surface area contributed by atoms with Crippen LogP contribution in [0, 0.1) is 6.92 Å². The van der Waals surface area contributed by atoms with E-state index in [1.165, 1.54) is 7.11 Å². The first-order chi connectivity index (χ1) is 10.1. The van der Waals surface area contributed by atoms with Crippen molar-refractivity contribution in [3.05, 3.63) is 59.7 Å². The van der Waals surface area contributed by atoms with Gasteiger partial charge in [0, 0.05) is 5.69 Å². The maximum Gasteiger partial charge on any atom is 0.339 e. The number of carbonyl (C=O) groups is 2. The number of hydrogen-bond acceptors (Lipinski definition) is 3. The first kappa shape index (κ1) is 14.6. The SMILES string of the molecule is COC(=O)c1ccccc1NC(=O)Nc1cccc(C)c1. The van der Waals surface area contributed by atoms with Crippen LogP contribution in [-0.2, 0) is 4.74 Å². The molecule has 0 heterocycles. The van der Waals surface area contributed by atoms with Crippen LogP contribution in [0.3, 0.4) is 0 Å². The Kier molecular flexibility index (Phi) is 4.56. The van der Waals surface area contributed by atoms with Crippen molar-refractivity contribution in [2.24, 2.45) is 0 Å². The monoisotopic (exact) mass is 284 g/mol. The Morgan fingerprint density at radius 3 is 2.48 bits per heavy atom. The van der Waals surface area contributed by atoms with Gasteiger partial charge in [0.2, 0.25) is 0 Å². The van der Waals surface area contributed by atoms with Crippen molar-refractivity contribution < 1.29 is 14.3 Å². The van der Waals surface area contributed by atoms with E-state index >= 15 is 0 Å². The number of urea groups is 1. The van der Waals surface area contributed by atoms with Gasteiger partial charge in [-0.05, 0) is 36.8 Å². The predicted octanol–water partition coefficient (Wildman–Crippen LogP) is 3.43. The first-order valence-corrected chi connectivity index (χ1v) is 6.42. The van der Waals surface area contributed by atoms with Crippen LogP contribution in [0.25, 0.3) is 0 Å². The van der Waals surface area contributed by atoms with Crippen LogP contribution < -0.4 is 10.6 Å². The molecule has 0 spiro atoms. The number of benzene rings is 2. The molecular formula is C16H16N2O3. The fraction of sp³-hybridized carbons (Fsp3) is 0.125. The normalized spacial score (nSPS) is 9.81. The molecule has 5 heteroatoms. The molecule has 0 aliphatic heterocycles. The third-order valence-electron chi connectivity index (χ3n) is 2.86. The number of nitrogens with one attached hydrogen (secondary N) is 2. The van der Waals surface area contributed by atoms with Crippen molar-refractivity contribution >= 4 is 23.4 Å². The van der Waals surface area contributed by atoms with Gasteiger partial charge in [-0.25, -0.2) is 9.59 Å². The molecule has 0 radical (unpaired) electrons. The molecule has 2 aromatic carbocycles. The van der Waals surface area contributed by atoms with Gasteiger partial charge < -0.3 is 15.4 Å². The van der Waals surface area contributed by atoms with Crippen molar-refractivity contribution in [3.8, 4) is 0 Å². The average molecular weight is 284 g/mol. The Morgan fingerprint density at radius 1 is 1.00 bits per heavy atom. The molecule has 0 atom stereocenters. The van der Waals surface area contributed by atoms with Gasteiger partial charge in [0.1, 0.15) is 0 Å². The molecule has 0 bridgehead atoms. The van der Waals surface area contributed by atoms with Crippen LogP contribution in [-0.4, -0.2) is 19.1 Å². The summed E-state index contributed by atoms with van der Waals surface area (Å²) in [6, 6.07) is 13.7. The van der Waals surface area contributed by atoms with Crippen LogP contribution in [0.2, 0.25) is 0 Å². The highest BCUT2D eigenvalue weighted by Crippen LogP contribution is 2.17. The van der Waals surface area contributed by atoms with Crippen LogP contribution in [0.1, 0.15) is 15.9 Å². The molecule has 0 aliphatic carbocycles. The molecule has 108 valence electrons. The topological polar surface area (TPSA) is 67.4 Å². The van der Waals surface area contributed by atoms with Crippen molar-refractivity contribution in [1.82, 2.24) is 0 Å². The first-order valence-electron chi connectivity index (χ1n) is 6.42. The molecule has 2 N–H and O–H groups in total. The molecule has 0 unspecified atom stereocenters. The van der Waals surface area contributed by atoms with Gasteiger partial charge in [-0.15, -0.1) is 0 Å². The number of rotatable bonds is 3. The van der Waals surface area contributed by atoms with Gasteiger partial charge in [-0.1, -0.05) is 24.3 Å². The minimum absolute atomic E-state index is 0.305. The van der Waals surface area contributed by atoms with Crippen LogP contribution >= 0.6 is 0 Å². The highest BCUT2D eigenvalue weighted by atomic mass is 16.5. The number of hydrogen-bond donors (Lipinski definition) is 2. The third kappa shape index (κ3) is 3.82. The summed E-state index contributed by atoms with van der Waals surface area (Å²) in [6.45, 7) is 1.94. The van der Waals surface area contributed by atoms with Crippen molar-refractivity contribution in [1.29, 1.82) is 0 Å². The van der Waals surface area contributed by atoms with E-state index < -0.39 is 12.0 Å². The summed E-state index contributed by atoms with van der Waals surface area (Å²) in [6.07, 6.45) is 0. The average Bonchev–Trinajstić information content (AvgIpc) is 2.47. The molecule has 0 saturated heterocycles. The summed E-state index contributed by atoms with van der Waals surface area (Å²) < 4.78 is 4.68. The Hall–Kier alpha value is -2.82. The predicted molar refractivity (Wildman–Crippen MR) is 81.6 cm³/mol. The Balaban J connectivity index is 2.11. The Labute approximate surface area is 122 Å². The summed E-state index contributed by atoms with van der Waals surface area (Å²) in [7, 11) is 1.30. The Bertz CT molecular complexity index is 668. The van der Waals surface area contributed by atoms with E-state index in [1.54, 1.807) is 30.3 Å². The van der Waals surface area contributed by atoms with Gasteiger partial charge in [0.05, 0.1) is 18.4 Å². The zero-order chi connectivity index (χ0) is 15.2. The van der Waals surface area contributed by atoms with Gasteiger partial charge in [0.15, 0.2) is 0 Å². The summed E-state index contributed by atoms with van der Waals surface area (Å²) in [5.74, 6) is -0.499. The molecule has 2 amide bonds. The lowest BCUT2D eigenvalue weighted by atomic mass is 10.2. The number of methoxy groups -OCH3 is 1. The molecule has 0 aliphatic rings. The standard InChI is InChI=1S/C16H16N2O3/c1-11-6-5-7-12(10-11)17-16(20)18-14-9-4-3-8-13(14)15(19)21-2/h3-10H,1-2H3,(H2,17,18,20). The quantitative estimate of drug-likeness (QED) is 0.848. The number of amides is 2. The molecule has 0 saturated carbocycles. The van der Waals surface area contributed by atoms with E-state index in [0.29, 0.717) is 16.9 Å². The Morgan fingerprint density at radius 2 is 1.76 bits per heavy atom. The number of esters is 1. The van der Waals surface area contributed by atoms with E-state index in [4.69, 9.17) is 0 Å². The summed E-state index contributed by atoms with van der Waals surface area (Å²) in [4.78, 5) is 23.6. The number of anilines is 2.